The Labute approximate surface area is 148 Å². The molecule has 1 saturated heterocycles. The second-order valence-electron chi connectivity index (χ2n) is 6.95. The summed E-state index contributed by atoms with van der Waals surface area (Å²) in [6.45, 7) is 8.66. The molecule has 2 heterocycles. The van der Waals surface area contributed by atoms with Crippen LogP contribution in [0.2, 0.25) is 0 Å². The third kappa shape index (κ3) is 6.56. The number of amides is 2. The van der Waals surface area contributed by atoms with E-state index in [1.165, 1.54) is 0 Å². The highest BCUT2D eigenvalue weighted by atomic mass is 16.6. The summed E-state index contributed by atoms with van der Waals surface area (Å²) in [5, 5.41) is 2.67. The maximum absolute atomic E-state index is 12.2. The van der Waals surface area contributed by atoms with E-state index in [4.69, 9.17) is 4.74 Å². The zero-order valence-corrected chi connectivity index (χ0v) is 15.2. The van der Waals surface area contributed by atoms with Crippen LogP contribution in [0, 0.1) is 0 Å². The SMILES string of the molecule is CC(C)(C)OC(=O)NCCCC(=O)N1CCN(c2ncccn2)CC1. The lowest BCUT2D eigenvalue weighted by molar-refractivity contribution is -0.131. The van der Waals surface area contributed by atoms with Crippen molar-refractivity contribution in [2.75, 3.05) is 37.6 Å². The van der Waals surface area contributed by atoms with E-state index in [0.717, 1.165) is 13.1 Å². The summed E-state index contributed by atoms with van der Waals surface area (Å²) >= 11 is 0. The predicted molar refractivity (Wildman–Crippen MR) is 94.3 cm³/mol. The molecule has 0 spiro atoms. The van der Waals surface area contributed by atoms with Crippen LogP contribution in [0.15, 0.2) is 18.5 Å². The van der Waals surface area contributed by atoms with Crippen LogP contribution < -0.4 is 10.2 Å². The van der Waals surface area contributed by atoms with Crippen molar-refractivity contribution in [1.82, 2.24) is 20.2 Å². The number of aromatic nitrogens is 2. The number of hydrogen-bond acceptors (Lipinski definition) is 6. The molecule has 0 atom stereocenters. The monoisotopic (exact) mass is 349 g/mol. The zero-order valence-electron chi connectivity index (χ0n) is 15.2. The number of nitrogens with one attached hydrogen (secondary N) is 1. The Morgan fingerprint density at radius 2 is 1.80 bits per heavy atom. The zero-order chi connectivity index (χ0) is 18.3. The van der Waals surface area contributed by atoms with E-state index in [-0.39, 0.29) is 5.91 Å². The smallest absolute Gasteiger partial charge is 0.407 e. The van der Waals surface area contributed by atoms with Gasteiger partial charge in [-0.05, 0) is 33.3 Å². The normalized spacial score (nSPS) is 15.0. The average molecular weight is 349 g/mol. The van der Waals surface area contributed by atoms with Crippen LogP contribution >= 0.6 is 0 Å². The maximum Gasteiger partial charge on any atom is 0.407 e. The Hall–Kier alpha value is -2.38. The van der Waals surface area contributed by atoms with Crippen LogP contribution in [0.25, 0.3) is 0 Å². The van der Waals surface area contributed by atoms with Crippen molar-refractivity contribution < 1.29 is 14.3 Å². The van der Waals surface area contributed by atoms with Crippen LogP contribution in [0.1, 0.15) is 33.6 Å². The van der Waals surface area contributed by atoms with Gasteiger partial charge in [-0.15, -0.1) is 0 Å². The summed E-state index contributed by atoms with van der Waals surface area (Å²) in [5.74, 6) is 0.816. The number of ether oxygens (including phenoxy) is 1. The molecular formula is C17H27N5O3. The van der Waals surface area contributed by atoms with E-state index >= 15 is 0 Å². The Morgan fingerprint density at radius 3 is 2.40 bits per heavy atom. The van der Waals surface area contributed by atoms with Gasteiger partial charge in [0.25, 0.3) is 0 Å². The van der Waals surface area contributed by atoms with Gasteiger partial charge in [-0.25, -0.2) is 14.8 Å². The van der Waals surface area contributed by atoms with E-state index in [1.54, 1.807) is 18.5 Å². The first-order valence-electron chi connectivity index (χ1n) is 8.62. The Balaban J connectivity index is 1.63. The molecule has 0 unspecified atom stereocenters. The quantitative estimate of drug-likeness (QED) is 0.809. The van der Waals surface area contributed by atoms with Gasteiger partial charge in [0, 0.05) is 51.5 Å². The molecule has 1 N–H and O–H groups in total. The van der Waals surface area contributed by atoms with Crippen molar-refractivity contribution in [2.45, 2.75) is 39.2 Å². The molecule has 0 aliphatic carbocycles. The first-order valence-corrected chi connectivity index (χ1v) is 8.62. The first kappa shape index (κ1) is 19.0. The highest BCUT2D eigenvalue weighted by Gasteiger charge is 2.22. The van der Waals surface area contributed by atoms with Crippen molar-refractivity contribution in [1.29, 1.82) is 0 Å². The number of anilines is 1. The van der Waals surface area contributed by atoms with Gasteiger partial charge >= 0.3 is 6.09 Å². The minimum Gasteiger partial charge on any atom is -0.444 e. The fourth-order valence-electron chi connectivity index (χ4n) is 2.51. The molecule has 2 amide bonds. The number of rotatable bonds is 5. The summed E-state index contributed by atoms with van der Waals surface area (Å²) in [6.07, 6.45) is 4.00. The second-order valence-corrected chi connectivity index (χ2v) is 6.95. The van der Waals surface area contributed by atoms with Crippen LogP contribution in [-0.4, -0.2) is 65.2 Å². The minimum atomic E-state index is -0.512. The third-order valence-corrected chi connectivity index (χ3v) is 3.70. The lowest BCUT2D eigenvalue weighted by atomic mass is 10.2. The lowest BCUT2D eigenvalue weighted by Gasteiger charge is -2.34. The van der Waals surface area contributed by atoms with E-state index < -0.39 is 11.7 Å². The molecule has 1 aliphatic rings. The van der Waals surface area contributed by atoms with Crippen molar-refractivity contribution in [3.63, 3.8) is 0 Å². The standard InChI is InChI=1S/C17H27N5O3/c1-17(2,3)25-16(24)20-7-4-6-14(23)21-10-12-22(13-11-21)15-18-8-5-9-19-15/h5,8-9H,4,6-7,10-13H2,1-3H3,(H,20,24). The average Bonchev–Trinajstić information content (AvgIpc) is 2.58. The van der Waals surface area contributed by atoms with Gasteiger partial charge in [0.15, 0.2) is 0 Å². The first-order chi connectivity index (χ1) is 11.8. The van der Waals surface area contributed by atoms with E-state index in [1.807, 2.05) is 25.7 Å². The lowest BCUT2D eigenvalue weighted by Crippen LogP contribution is -2.49. The molecule has 138 valence electrons. The fraction of sp³-hybridized carbons (Fsp3) is 0.647. The molecule has 1 fully saturated rings. The highest BCUT2D eigenvalue weighted by molar-refractivity contribution is 5.76. The topological polar surface area (TPSA) is 87.7 Å². The predicted octanol–water partition coefficient (Wildman–Crippen LogP) is 1.43. The van der Waals surface area contributed by atoms with Gasteiger partial charge in [0.2, 0.25) is 11.9 Å². The summed E-state index contributed by atoms with van der Waals surface area (Å²) in [4.78, 5) is 36.2. The highest BCUT2D eigenvalue weighted by Crippen LogP contribution is 2.11. The number of nitrogens with zero attached hydrogens (tertiary/aromatic N) is 4. The van der Waals surface area contributed by atoms with Crippen molar-refractivity contribution in [2.24, 2.45) is 0 Å². The molecule has 8 nitrogen and oxygen atoms in total. The number of carbonyl (C=O) groups excluding carboxylic acids is 2. The van der Waals surface area contributed by atoms with Gasteiger partial charge in [0.05, 0.1) is 0 Å². The molecule has 1 aromatic rings. The molecule has 0 bridgehead atoms. The molecule has 25 heavy (non-hydrogen) atoms. The molecular weight excluding hydrogens is 322 g/mol. The van der Waals surface area contributed by atoms with Crippen LogP contribution in [0.4, 0.5) is 10.7 Å². The minimum absolute atomic E-state index is 0.111. The Bertz CT molecular complexity index is 565. The summed E-state index contributed by atoms with van der Waals surface area (Å²) < 4.78 is 5.15. The molecule has 1 aliphatic heterocycles. The second kappa shape index (κ2) is 8.64. The molecule has 0 aromatic carbocycles. The summed E-state index contributed by atoms with van der Waals surface area (Å²) in [6, 6.07) is 1.79. The third-order valence-electron chi connectivity index (χ3n) is 3.70. The Kier molecular flexibility index (Phi) is 6.55. The van der Waals surface area contributed by atoms with Gasteiger partial charge < -0.3 is 19.9 Å². The Morgan fingerprint density at radius 1 is 1.16 bits per heavy atom. The van der Waals surface area contributed by atoms with Crippen LogP contribution in [-0.2, 0) is 9.53 Å². The molecule has 2 rings (SSSR count). The number of alkyl carbamates (subject to hydrolysis) is 1. The van der Waals surface area contributed by atoms with Gasteiger partial charge in [0.1, 0.15) is 5.60 Å². The number of piperazine rings is 1. The van der Waals surface area contributed by atoms with Gasteiger partial charge in [-0.1, -0.05) is 0 Å². The van der Waals surface area contributed by atoms with Gasteiger partial charge in [-0.2, -0.15) is 0 Å². The summed E-state index contributed by atoms with van der Waals surface area (Å²) in [5.41, 5.74) is -0.512. The van der Waals surface area contributed by atoms with Crippen LogP contribution in [0.5, 0.6) is 0 Å². The molecule has 1 aromatic heterocycles. The van der Waals surface area contributed by atoms with Crippen molar-refractivity contribution in [3.05, 3.63) is 18.5 Å². The molecule has 0 saturated carbocycles. The van der Waals surface area contributed by atoms with E-state index in [0.29, 0.717) is 38.4 Å². The summed E-state index contributed by atoms with van der Waals surface area (Å²) in [7, 11) is 0. The fourth-order valence-corrected chi connectivity index (χ4v) is 2.51. The largest absolute Gasteiger partial charge is 0.444 e. The van der Waals surface area contributed by atoms with Crippen LogP contribution in [0.3, 0.4) is 0 Å². The van der Waals surface area contributed by atoms with Crippen molar-refractivity contribution in [3.8, 4) is 0 Å². The van der Waals surface area contributed by atoms with Gasteiger partial charge in [-0.3, -0.25) is 4.79 Å². The number of hydrogen-bond donors (Lipinski definition) is 1. The molecule has 0 radical (unpaired) electrons. The molecule has 8 heteroatoms. The maximum atomic E-state index is 12.2. The van der Waals surface area contributed by atoms with Crippen molar-refractivity contribution >= 4 is 17.9 Å². The van der Waals surface area contributed by atoms with E-state index in [2.05, 4.69) is 20.2 Å². The number of carbonyl (C=O) groups is 2. The van der Waals surface area contributed by atoms with E-state index in [9.17, 15) is 9.59 Å².